The summed E-state index contributed by atoms with van der Waals surface area (Å²) in [7, 11) is -3.27. The van der Waals surface area contributed by atoms with Crippen LogP contribution in [-0.4, -0.2) is 48.2 Å². The first-order valence-electron chi connectivity index (χ1n) is 6.25. The Bertz CT molecular complexity index is 479. The second kappa shape index (κ2) is 5.34. The Morgan fingerprint density at radius 2 is 2.00 bits per heavy atom. The zero-order valence-corrected chi connectivity index (χ0v) is 11.6. The van der Waals surface area contributed by atoms with Crippen LogP contribution in [0.1, 0.15) is 25.5 Å². The van der Waals surface area contributed by atoms with E-state index in [1.54, 1.807) is 6.20 Å². The molecule has 0 radical (unpaired) electrons. The fraction of sp³-hybridized carbons (Fsp3) is 0.583. The lowest BCUT2D eigenvalue weighted by Crippen LogP contribution is -2.54. The van der Waals surface area contributed by atoms with Crippen molar-refractivity contribution < 1.29 is 8.42 Å². The first-order chi connectivity index (χ1) is 8.59. The molecule has 6 heteroatoms. The van der Waals surface area contributed by atoms with Gasteiger partial charge in [0.05, 0.1) is 0 Å². The molecule has 1 aromatic rings. The maximum absolute atomic E-state index is 12.2. The van der Waals surface area contributed by atoms with Crippen LogP contribution in [0.4, 0.5) is 0 Å². The highest BCUT2D eigenvalue weighted by Gasteiger charge is 2.39. The van der Waals surface area contributed by atoms with Crippen molar-refractivity contribution in [3.63, 3.8) is 0 Å². The van der Waals surface area contributed by atoms with Gasteiger partial charge in [-0.15, -0.1) is 0 Å². The molecular formula is C12H19N3O2S. The number of pyridine rings is 1. The smallest absolute Gasteiger partial charge is 0.261 e. The zero-order chi connectivity index (χ0) is 13.2. The highest BCUT2D eigenvalue weighted by molar-refractivity contribution is 7.86. The zero-order valence-electron chi connectivity index (χ0n) is 10.8. The van der Waals surface area contributed by atoms with Crippen molar-refractivity contribution in [2.24, 2.45) is 0 Å². The van der Waals surface area contributed by atoms with Gasteiger partial charge in [-0.1, -0.05) is 19.9 Å². The minimum Gasteiger partial charge on any atom is -0.261 e. The van der Waals surface area contributed by atoms with Gasteiger partial charge in [0.15, 0.2) is 0 Å². The fourth-order valence-corrected chi connectivity index (χ4v) is 3.86. The van der Waals surface area contributed by atoms with Gasteiger partial charge in [0.1, 0.15) is 0 Å². The normalized spacial score (nSPS) is 17.9. The summed E-state index contributed by atoms with van der Waals surface area (Å²) in [6.45, 7) is 5.83. The average molecular weight is 269 g/mol. The van der Waals surface area contributed by atoms with Gasteiger partial charge in [-0.05, 0) is 12.1 Å². The van der Waals surface area contributed by atoms with Gasteiger partial charge in [-0.2, -0.15) is 17.0 Å². The molecule has 18 heavy (non-hydrogen) atoms. The molecule has 0 saturated carbocycles. The third kappa shape index (κ3) is 2.41. The minimum absolute atomic E-state index is 0.233. The maximum atomic E-state index is 12.2. The number of hydrogen-bond acceptors (Lipinski definition) is 3. The summed E-state index contributed by atoms with van der Waals surface area (Å²) < 4.78 is 27.4. The van der Waals surface area contributed by atoms with E-state index in [1.807, 2.05) is 32.0 Å². The van der Waals surface area contributed by atoms with Gasteiger partial charge < -0.3 is 0 Å². The molecule has 1 saturated heterocycles. The van der Waals surface area contributed by atoms with Crippen LogP contribution in [0.25, 0.3) is 0 Å². The standard InChI is InChI=1S/C12H19N3O2S/c1-3-14(4-2)18(16,17)15-9-11(10-15)12-7-5-6-8-13-12/h5-8,11H,3-4,9-10H2,1-2H3. The van der Waals surface area contributed by atoms with Crippen LogP contribution in [0.2, 0.25) is 0 Å². The molecule has 5 nitrogen and oxygen atoms in total. The molecule has 0 bridgehead atoms. The SMILES string of the molecule is CCN(CC)S(=O)(=O)N1CC(c2ccccn2)C1. The molecule has 0 atom stereocenters. The van der Waals surface area contributed by atoms with Crippen molar-refractivity contribution in [2.45, 2.75) is 19.8 Å². The van der Waals surface area contributed by atoms with E-state index >= 15 is 0 Å². The van der Waals surface area contributed by atoms with Crippen molar-refractivity contribution in [3.8, 4) is 0 Å². The average Bonchev–Trinajstić information content (AvgIpc) is 2.29. The lowest BCUT2D eigenvalue weighted by molar-refractivity contribution is 0.238. The van der Waals surface area contributed by atoms with Crippen molar-refractivity contribution in [3.05, 3.63) is 30.1 Å². The Labute approximate surface area is 109 Å². The van der Waals surface area contributed by atoms with E-state index < -0.39 is 10.2 Å². The van der Waals surface area contributed by atoms with Crippen LogP contribution in [0.3, 0.4) is 0 Å². The predicted molar refractivity (Wildman–Crippen MR) is 70.4 cm³/mol. The molecule has 1 fully saturated rings. The summed E-state index contributed by atoms with van der Waals surface area (Å²) in [5.41, 5.74) is 0.975. The van der Waals surface area contributed by atoms with E-state index in [0.29, 0.717) is 26.2 Å². The highest BCUT2D eigenvalue weighted by Crippen LogP contribution is 2.28. The van der Waals surface area contributed by atoms with Gasteiger partial charge in [0.25, 0.3) is 10.2 Å². The van der Waals surface area contributed by atoms with Crippen LogP contribution in [0.5, 0.6) is 0 Å². The number of aromatic nitrogens is 1. The molecule has 0 aromatic carbocycles. The van der Waals surface area contributed by atoms with E-state index in [9.17, 15) is 8.42 Å². The number of hydrogen-bond donors (Lipinski definition) is 0. The van der Waals surface area contributed by atoms with Crippen molar-refractivity contribution in [1.82, 2.24) is 13.6 Å². The Kier molecular flexibility index (Phi) is 3.99. The summed E-state index contributed by atoms with van der Waals surface area (Å²) in [4.78, 5) is 4.27. The Hall–Kier alpha value is -0.980. The van der Waals surface area contributed by atoms with Crippen LogP contribution in [-0.2, 0) is 10.2 Å². The van der Waals surface area contributed by atoms with E-state index in [2.05, 4.69) is 4.98 Å². The molecule has 1 aliphatic heterocycles. The number of rotatable bonds is 5. The molecule has 1 aliphatic rings. The monoisotopic (exact) mass is 269 g/mol. The number of nitrogens with zero attached hydrogens (tertiary/aromatic N) is 3. The summed E-state index contributed by atoms with van der Waals surface area (Å²) in [5, 5.41) is 0. The maximum Gasteiger partial charge on any atom is 0.281 e. The minimum atomic E-state index is -3.27. The van der Waals surface area contributed by atoms with Crippen LogP contribution in [0, 0.1) is 0 Å². The topological polar surface area (TPSA) is 53.5 Å². The molecule has 100 valence electrons. The lowest BCUT2D eigenvalue weighted by Gasteiger charge is -2.40. The van der Waals surface area contributed by atoms with Gasteiger partial charge in [0.2, 0.25) is 0 Å². The van der Waals surface area contributed by atoms with E-state index in [1.165, 1.54) is 8.61 Å². The third-order valence-electron chi connectivity index (χ3n) is 3.31. The predicted octanol–water partition coefficient (Wildman–Crippen LogP) is 1.07. The second-order valence-electron chi connectivity index (χ2n) is 4.36. The third-order valence-corrected chi connectivity index (χ3v) is 5.43. The van der Waals surface area contributed by atoms with Crippen LogP contribution < -0.4 is 0 Å². The van der Waals surface area contributed by atoms with E-state index in [-0.39, 0.29) is 5.92 Å². The molecule has 1 aromatic heterocycles. The van der Waals surface area contributed by atoms with Crippen molar-refractivity contribution in [2.75, 3.05) is 26.2 Å². The summed E-state index contributed by atoms with van der Waals surface area (Å²) in [6.07, 6.45) is 1.75. The Morgan fingerprint density at radius 1 is 1.33 bits per heavy atom. The molecule has 0 amide bonds. The largest absolute Gasteiger partial charge is 0.281 e. The molecule has 0 aliphatic carbocycles. The molecule has 2 rings (SSSR count). The highest BCUT2D eigenvalue weighted by atomic mass is 32.2. The van der Waals surface area contributed by atoms with Crippen LogP contribution in [0.15, 0.2) is 24.4 Å². The fourth-order valence-electron chi connectivity index (χ4n) is 2.14. The van der Waals surface area contributed by atoms with Gasteiger partial charge in [-0.3, -0.25) is 4.98 Å². The van der Waals surface area contributed by atoms with Crippen molar-refractivity contribution in [1.29, 1.82) is 0 Å². The van der Waals surface area contributed by atoms with Crippen LogP contribution >= 0.6 is 0 Å². The molecule has 0 N–H and O–H groups in total. The molecule has 0 unspecified atom stereocenters. The second-order valence-corrected chi connectivity index (χ2v) is 6.29. The summed E-state index contributed by atoms with van der Waals surface area (Å²) in [5.74, 6) is 0.233. The first kappa shape index (κ1) is 13.5. The van der Waals surface area contributed by atoms with Gasteiger partial charge >= 0.3 is 0 Å². The quantitative estimate of drug-likeness (QED) is 0.803. The lowest BCUT2D eigenvalue weighted by atomic mass is 9.99. The van der Waals surface area contributed by atoms with Crippen molar-refractivity contribution >= 4 is 10.2 Å². The Morgan fingerprint density at radius 3 is 2.50 bits per heavy atom. The Balaban J connectivity index is 2.01. The summed E-state index contributed by atoms with van der Waals surface area (Å²) in [6, 6.07) is 5.75. The van der Waals surface area contributed by atoms with Gasteiger partial charge in [0, 0.05) is 44.0 Å². The molecule has 2 heterocycles. The molecule has 0 spiro atoms. The van der Waals surface area contributed by atoms with E-state index in [0.717, 1.165) is 5.69 Å². The molecular weight excluding hydrogens is 250 g/mol. The van der Waals surface area contributed by atoms with Gasteiger partial charge in [-0.25, -0.2) is 0 Å². The summed E-state index contributed by atoms with van der Waals surface area (Å²) >= 11 is 0. The van der Waals surface area contributed by atoms with E-state index in [4.69, 9.17) is 0 Å². The first-order valence-corrected chi connectivity index (χ1v) is 7.65.